The quantitative estimate of drug-likeness (QED) is 0.866. The second-order valence-electron chi connectivity index (χ2n) is 4.74. The highest BCUT2D eigenvalue weighted by atomic mass is 16.5. The van der Waals surface area contributed by atoms with Gasteiger partial charge in [0.25, 0.3) is 0 Å². The minimum Gasteiger partial charge on any atom is -0.380 e. The van der Waals surface area contributed by atoms with Gasteiger partial charge in [0.15, 0.2) is 0 Å². The molecule has 2 rings (SSSR count). The fourth-order valence-corrected chi connectivity index (χ4v) is 1.89. The summed E-state index contributed by atoms with van der Waals surface area (Å²) >= 11 is 0. The van der Waals surface area contributed by atoms with Crippen LogP contribution in [0.15, 0.2) is 43.0 Å². The minimum atomic E-state index is 0.229. The number of rotatable bonds is 6. The maximum atomic E-state index is 5.23. The van der Waals surface area contributed by atoms with E-state index in [1.807, 2.05) is 10.8 Å². The summed E-state index contributed by atoms with van der Waals surface area (Å²) in [5.74, 6) is 0. The number of nitrogens with zero attached hydrogens (tertiary/aromatic N) is 2. The number of aromatic nitrogens is 2. The van der Waals surface area contributed by atoms with Gasteiger partial charge in [-0.15, -0.1) is 0 Å². The van der Waals surface area contributed by atoms with Crippen molar-refractivity contribution >= 4 is 0 Å². The van der Waals surface area contributed by atoms with Crippen molar-refractivity contribution in [3.8, 4) is 5.69 Å². The normalized spacial score (nSPS) is 14.3. The summed E-state index contributed by atoms with van der Waals surface area (Å²) in [6.07, 6.45) is 5.76. The third kappa shape index (κ3) is 3.66. The van der Waals surface area contributed by atoms with E-state index in [4.69, 9.17) is 4.74 Å². The molecule has 0 aliphatic carbocycles. The van der Waals surface area contributed by atoms with Crippen LogP contribution in [0.3, 0.4) is 0 Å². The molecule has 0 bridgehead atoms. The van der Waals surface area contributed by atoms with Crippen LogP contribution in [0.2, 0.25) is 0 Å². The van der Waals surface area contributed by atoms with E-state index in [0.29, 0.717) is 6.04 Å². The van der Waals surface area contributed by atoms with E-state index in [0.717, 1.165) is 12.2 Å². The van der Waals surface area contributed by atoms with Gasteiger partial charge >= 0.3 is 0 Å². The summed E-state index contributed by atoms with van der Waals surface area (Å²) in [5.41, 5.74) is 2.39. The van der Waals surface area contributed by atoms with Crippen LogP contribution in [0.4, 0.5) is 0 Å². The Kier molecular flexibility index (Phi) is 4.71. The molecular weight excluding hydrogens is 238 g/mol. The van der Waals surface area contributed by atoms with Crippen LogP contribution in [0.25, 0.3) is 5.69 Å². The van der Waals surface area contributed by atoms with Crippen molar-refractivity contribution in [1.82, 2.24) is 14.9 Å². The highest BCUT2D eigenvalue weighted by molar-refractivity contribution is 5.35. The van der Waals surface area contributed by atoms with Gasteiger partial charge in [0.2, 0.25) is 0 Å². The lowest BCUT2D eigenvalue weighted by Gasteiger charge is -2.17. The fraction of sp³-hybridized carbons (Fsp3) is 0.400. The minimum absolute atomic E-state index is 0.229. The molecule has 0 saturated heterocycles. The second kappa shape index (κ2) is 6.50. The van der Waals surface area contributed by atoms with Crippen molar-refractivity contribution < 1.29 is 4.74 Å². The Morgan fingerprint density at radius 2 is 2.00 bits per heavy atom. The van der Waals surface area contributed by atoms with Gasteiger partial charge < -0.3 is 14.6 Å². The van der Waals surface area contributed by atoms with E-state index in [1.54, 1.807) is 19.6 Å². The molecule has 1 heterocycles. The Morgan fingerprint density at radius 3 is 2.58 bits per heavy atom. The van der Waals surface area contributed by atoms with E-state index in [-0.39, 0.29) is 6.10 Å². The summed E-state index contributed by atoms with van der Waals surface area (Å²) < 4.78 is 7.23. The third-order valence-electron chi connectivity index (χ3n) is 3.31. The van der Waals surface area contributed by atoms with E-state index >= 15 is 0 Å². The predicted molar refractivity (Wildman–Crippen MR) is 76.5 cm³/mol. The summed E-state index contributed by atoms with van der Waals surface area (Å²) in [6.45, 7) is 5.07. The number of methoxy groups -OCH3 is 1. The van der Waals surface area contributed by atoms with E-state index in [9.17, 15) is 0 Å². The predicted octanol–water partition coefficient (Wildman–Crippen LogP) is 2.56. The van der Waals surface area contributed by atoms with Crippen molar-refractivity contribution in [3.63, 3.8) is 0 Å². The molecule has 0 radical (unpaired) electrons. The molecule has 19 heavy (non-hydrogen) atoms. The molecule has 1 aromatic heterocycles. The molecule has 0 amide bonds. The number of nitrogens with one attached hydrogen (secondary N) is 1. The van der Waals surface area contributed by atoms with Crippen LogP contribution >= 0.6 is 0 Å². The Balaban J connectivity index is 1.98. The lowest BCUT2D eigenvalue weighted by atomic mass is 10.1. The van der Waals surface area contributed by atoms with Gasteiger partial charge in [-0.25, -0.2) is 4.98 Å². The van der Waals surface area contributed by atoms with Gasteiger partial charge in [-0.05, 0) is 31.5 Å². The molecule has 0 saturated carbocycles. The average Bonchev–Trinajstić information content (AvgIpc) is 2.98. The first-order chi connectivity index (χ1) is 9.20. The van der Waals surface area contributed by atoms with Crippen LogP contribution in [0.5, 0.6) is 0 Å². The number of imidazole rings is 1. The first-order valence-electron chi connectivity index (χ1n) is 6.55. The Labute approximate surface area is 114 Å². The van der Waals surface area contributed by atoms with Crippen molar-refractivity contribution in [3.05, 3.63) is 48.5 Å². The second-order valence-corrected chi connectivity index (χ2v) is 4.74. The molecule has 0 aliphatic rings. The SMILES string of the molecule is COC(C)CNC(C)c1ccc(-n2ccnc2)cc1. The van der Waals surface area contributed by atoms with E-state index in [2.05, 4.69) is 48.4 Å². The van der Waals surface area contributed by atoms with Gasteiger partial charge in [0.05, 0.1) is 12.4 Å². The summed E-state index contributed by atoms with van der Waals surface area (Å²) in [7, 11) is 1.73. The third-order valence-corrected chi connectivity index (χ3v) is 3.31. The van der Waals surface area contributed by atoms with Crippen LogP contribution < -0.4 is 5.32 Å². The molecule has 1 aromatic carbocycles. The van der Waals surface area contributed by atoms with Gasteiger partial charge in [0, 0.05) is 37.8 Å². The molecule has 2 atom stereocenters. The summed E-state index contributed by atoms with van der Waals surface area (Å²) in [6, 6.07) is 8.81. The maximum Gasteiger partial charge on any atom is 0.0991 e. The zero-order chi connectivity index (χ0) is 13.7. The molecule has 4 nitrogen and oxygen atoms in total. The summed E-state index contributed by atoms with van der Waals surface area (Å²) in [5, 5.41) is 3.46. The highest BCUT2D eigenvalue weighted by Crippen LogP contribution is 2.15. The standard InChI is InChI=1S/C15H21N3O/c1-12(19-3)10-17-13(2)14-4-6-15(7-5-14)18-9-8-16-11-18/h4-9,11-13,17H,10H2,1-3H3. The van der Waals surface area contributed by atoms with Crippen LogP contribution in [0, 0.1) is 0 Å². The largest absolute Gasteiger partial charge is 0.380 e. The zero-order valence-electron chi connectivity index (χ0n) is 11.7. The van der Waals surface area contributed by atoms with Crippen molar-refractivity contribution in [2.45, 2.75) is 26.0 Å². The number of hydrogen-bond acceptors (Lipinski definition) is 3. The molecular formula is C15H21N3O. The van der Waals surface area contributed by atoms with Crippen molar-refractivity contribution in [2.75, 3.05) is 13.7 Å². The monoisotopic (exact) mass is 259 g/mol. The highest BCUT2D eigenvalue weighted by Gasteiger charge is 2.07. The molecule has 2 unspecified atom stereocenters. The van der Waals surface area contributed by atoms with E-state index in [1.165, 1.54) is 5.56 Å². The zero-order valence-corrected chi connectivity index (χ0v) is 11.7. The molecule has 102 valence electrons. The van der Waals surface area contributed by atoms with Gasteiger partial charge in [-0.1, -0.05) is 12.1 Å². The number of benzene rings is 1. The lowest BCUT2D eigenvalue weighted by Crippen LogP contribution is -2.28. The van der Waals surface area contributed by atoms with Crippen LogP contribution in [-0.4, -0.2) is 29.3 Å². The number of hydrogen-bond donors (Lipinski definition) is 1. The first kappa shape index (κ1) is 13.8. The van der Waals surface area contributed by atoms with Crippen molar-refractivity contribution in [1.29, 1.82) is 0 Å². The Hall–Kier alpha value is -1.65. The van der Waals surface area contributed by atoms with Crippen LogP contribution in [0.1, 0.15) is 25.5 Å². The maximum absolute atomic E-state index is 5.23. The topological polar surface area (TPSA) is 39.1 Å². The van der Waals surface area contributed by atoms with Crippen LogP contribution in [-0.2, 0) is 4.74 Å². The van der Waals surface area contributed by atoms with Gasteiger partial charge in [0.1, 0.15) is 0 Å². The van der Waals surface area contributed by atoms with Crippen molar-refractivity contribution in [2.24, 2.45) is 0 Å². The fourth-order valence-electron chi connectivity index (χ4n) is 1.89. The Bertz CT molecular complexity index is 479. The number of ether oxygens (including phenoxy) is 1. The molecule has 1 N–H and O–H groups in total. The smallest absolute Gasteiger partial charge is 0.0991 e. The molecule has 4 heteroatoms. The molecule has 0 aliphatic heterocycles. The average molecular weight is 259 g/mol. The molecule has 0 fully saturated rings. The lowest BCUT2D eigenvalue weighted by molar-refractivity contribution is 0.115. The molecule has 0 spiro atoms. The van der Waals surface area contributed by atoms with E-state index < -0.39 is 0 Å². The van der Waals surface area contributed by atoms with Gasteiger partial charge in [-0.2, -0.15) is 0 Å². The van der Waals surface area contributed by atoms with Gasteiger partial charge in [-0.3, -0.25) is 0 Å². The summed E-state index contributed by atoms with van der Waals surface area (Å²) in [4.78, 5) is 4.05. The molecule has 2 aromatic rings. The first-order valence-corrected chi connectivity index (χ1v) is 6.55. The Morgan fingerprint density at radius 1 is 1.26 bits per heavy atom.